The quantitative estimate of drug-likeness (QED) is 0.803. The molecule has 0 spiro atoms. The van der Waals surface area contributed by atoms with Crippen LogP contribution >= 0.6 is 11.6 Å². The van der Waals surface area contributed by atoms with Crippen molar-refractivity contribution in [3.05, 3.63) is 34.6 Å². The molecule has 1 rings (SSSR count). The van der Waals surface area contributed by atoms with E-state index in [4.69, 9.17) is 16.9 Å². The highest BCUT2D eigenvalue weighted by Gasteiger charge is 2.11. The summed E-state index contributed by atoms with van der Waals surface area (Å²) in [6.07, 6.45) is 0.572. The van der Waals surface area contributed by atoms with E-state index in [1.165, 1.54) is 12.1 Å². The molecule has 1 aromatic rings. The molecule has 1 aromatic carbocycles. The van der Waals surface area contributed by atoms with Crippen molar-refractivity contribution in [2.45, 2.75) is 20.3 Å². The minimum atomic E-state index is -0.234. The summed E-state index contributed by atoms with van der Waals surface area (Å²) in [5.41, 5.74) is 0.605. The van der Waals surface area contributed by atoms with Gasteiger partial charge in [0, 0.05) is 11.6 Å². The van der Waals surface area contributed by atoms with Crippen molar-refractivity contribution in [1.82, 2.24) is 5.32 Å². The van der Waals surface area contributed by atoms with Gasteiger partial charge in [0.05, 0.1) is 12.0 Å². The summed E-state index contributed by atoms with van der Waals surface area (Å²) in [5.74, 6) is 0.0847. The number of hydrogen-bond acceptors (Lipinski definition) is 2. The first-order valence-electron chi connectivity index (χ1n) is 6.09. The van der Waals surface area contributed by atoms with Crippen LogP contribution in [0.15, 0.2) is 18.2 Å². The van der Waals surface area contributed by atoms with Crippen LogP contribution in [-0.4, -0.2) is 13.1 Å². The molecule has 0 aliphatic rings. The van der Waals surface area contributed by atoms with E-state index < -0.39 is 0 Å². The Labute approximate surface area is 113 Å². The van der Waals surface area contributed by atoms with Crippen molar-refractivity contribution >= 4 is 11.6 Å². The Morgan fingerprint density at radius 3 is 2.78 bits per heavy atom. The van der Waals surface area contributed by atoms with Crippen LogP contribution in [0.1, 0.15) is 19.4 Å². The zero-order valence-corrected chi connectivity index (χ0v) is 11.5. The predicted octanol–water partition coefficient (Wildman–Crippen LogP) is 3.41. The van der Waals surface area contributed by atoms with Crippen LogP contribution in [0.25, 0.3) is 0 Å². The molecule has 0 saturated heterocycles. The largest absolute Gasteiger partial charge is 0.315 e. The maximum atomic E-state index is 13.4. The molecule has 0 radical (unpaired) electrons. The molecule has 18 heavy (non-hydrogen) atoms. The van der Waals surface area contributed by atoms with Crippen LogP contribution in [0.4, 0.5) is 4.39 Å². The molecule has 1 unspecified atom stereocenters. The molecule has 2 nitrogen and oxygen atoms in total. The third kappa shape index (κ3) is 4.64. The van der Waals surface area contributed by atoms with Crippen molar-refractivity contribution < 1.29 is 4.39 Å². The molecule has 4 heteroatoms. The van der Waals surface area contributed by atoms with E-state index in [1.807, 2.05) is 13.8 Å². The Morgan fingerprint density at radius 1 is 1.44 bits per heavy atom. The molecule has 0 aliphatic carbocycles. The second-order valence-electron chi connectivity index (χ2n) is 4.67. The third-order valence-corrected chi connectivity index (χ3v) is 3.15. The molecule has 1 atom stereocenters. The van der Waals surface area contributed by atoms with E-state index in [0.29, 0.717) is 36.0 Å². The molecule has 0 aromatic heterocycles. The SMILES string of the molecule is CC(C)C(C#N)CNCCc1cc(Cl)ccc1F. The van der Waals surface area contributed by atoms with Crippen LogP contribution in [0.3, 0.4) is 0 Å². The maximum Gasteiger partial charge on any atom is 0.126 e. The summed E-state index contributed by atoms with van der Waals surface area (Å²) in [6, 6.07) is 6.82. The molecule has 0 amide bonds. The lowest BCUT2D eigenvalue weighted by atomic mass is 9.97. The monoisotopic (exact) mass is 268 g/mol. The molecule has 1 N–H and O–H groups in total. The van der Waals surface area contributed by atoms with E-state index in [0.717, 1.165) is 0 Å². The van der Waals surface area contributed by atoms with Crippen LogP contribution in [-0.2, 0) is 6.42 Å². The Kier molecular flexibility index (Phi) is 6.11. The molecule has 0 heterocycles. The Balaban J connectivity index is 2.38. The van der Waals surface area contributed by atoms with Crippen molar-refractivity contribution in [2.24, 2.45) is 11.8 Å². The predicted molar refractivity (Wildman–Crippen MR) is 71.9 cm³/mol. The van der Waals surface area contributed by atoms with E-state index >= 15 is 0 Å². The highest BCUT2D eigenvalue weighted by molar-refractivity contribution is 6.30. The van der Waals surface area contributed by atoms with Gasteiger partial charge in [0.1, 0.15) is 5.82 Å². The summed E-state index contributed by atoms with van der Waals surface area (Å²) in [6.45, 7) is 5.32. The lowest BCUT2D eigenvalue weighted by Gasteiger charge is -2.13. The minimum absolute atomic E-state index is 0.00536. The van der Waals surface area contributed by atoms with Gasteiger partial charge < -0.3 is 5.32 Å². The van der Waals surface area contributed by atoms with Gasteiger partial charge in [-0.1, -0.05) is 25.4 Å². The first kappa shape index (κ1) is 14.9. The van der Waals surface area contributed by atoms with Gasteiger partial charge in [-0.3, -0.25) is 0 Å². The highest BCUT2D eigenvalue weighted by atomic mass is 35.5. The first-order valence-corrected chi connectivity index (χ1v) is 6.46. The van der Waals surface area contributed by atoms with Crippen molar-refractivity contribution in [1.29, 1.82) is 5.26 Å². The van der Waals surface area contributed by atoms with Crippen molar-refractivity contribution in [2.75, 3.05) is 13.1 Å². The van der Waals surface area contributed by atoms with Gasteiger partial charge in [-0.2, -0.15) is 5.26 Å². The van der Waals surface area contributed by atoms with Gasteiger partial charge in [0.15, 0.2) is 0 Å². The van der Waals surface area contributed by atoms with E-state index in [-0.39, 0.29) is 11.7 Å². The van der Waals surface area contributed by atoms with Crippen LogP contribution in [0, 0.1) is 29.0 Å². The Hall–Kier alpha value is -1.11. The lowest BCUT2D eigenvalue weighted by Crippen LogP contribution is -2.27. The molecular weight excluding hydrogens is 251 g/mol. The van der Waals surface area contributed by atoms with E-state index in [2.05, 4.69) is 11.4 Å². The van der Waals surface area contributed by atoms with Gasteiger partial charge in [0.2, 0.25) is 0 Å². The van der Waals surface area contributed by atoms with Gasteiger partial charge >= 0.3 is 0 Å². The minimum Gasteiger partial charge on any atom is -0.315 e. The lowest BCUT2D eigenvalue weighted by molar-refractivity contribution is 0.443. The van der Waals surface area contributed by atoms with Crippen molar-refractivity contribution in [3.63, 3.8) is 0 Å². The third-order valence-electron chi connectivity index (χ3n) is 2.91. The number of benzene rings is 1. The van der Waals surface area contributed by atoms with Gasteiger partial charge in [-0.25, -0.2) is 4.39 Å². The molecule has 98 valence electrons. The van der Waals surface area contributed by atoms with Crippen molar-refractivity contribution in [3.8, 4) is 6.07 Å². The number of hydrogen-bond donors (Lipinski definition) is 1. The van der Waals surface area contributed by atoms with Crippen LogP contribution in [0.2, 0.25) is 5.02 Å². The average molecular weight is 269 g/mol. The van der Waals surface area contributed by atoms with Crippen LogP contribution < -0.4 is 5.32 Å². The topological polar surface area (TPSA) is 35.8 Å². The normalized spacial score (nSPS) is 12.4. The Morgan fingerprint density at radius 2 is 2.17 bits per heavy atom. The summed E-state index contributed by atoms with van der Waals surface area (Å²) in [4.78, 5) is 0. The second kappa shape index (κ2) is 7.35. The molecule has 0 bridgehead atoms. The summed E-state index contributed by atoms with van der Waals surface area (Å²) in [5, 5.41) is 12.7. The molecule has 0 fully saturated rings. The smallest absolute Gasteiger partial charge is 0.126 e. The fourth-order valence-electron chi connectivity index (χ4n) is 1.65. The standard InChI is InChI=1S/C14H18ClFN2/c1-10(2)12(8-17)9-18-6-5-11-7-13(15)3-4-14(11)16/h3-4,7,10,12,18H,5-6,9H2,1-2H3. The number of nitrogens with zero attached hydrogens (tertiary/aromatic N) is 1. The van der Waals surface area contributed by atoms with Gasteiger partial charge in [-0.15, -0.1) is 0 Å². The number of rotatable bonds is 6. The highest BCUT2D eigenvalue weighted by Crippen LogP contribution is 2.15. The fraction of sp³-hybridized carbons (Fsp3) is 0.500. The number of nitrogens with one attached hydrogen (secondary N) is 1. The fourth-order valence-corrected chi connectivity index (χ4v) is 1.84. The molecular formula is C14H18ClFN2. The summed E-state index contributed by atoms with van der Waals surface area (Å²) in [7, 11) is 0. The van der Waals surface area contributed by atoms with Gasteiger partial charge in [0.25, 0.3) is 0 Å². The summed E-state index contributed by atoms with van der Waals surface area (Å²) < 4.78 is 13.4. The van der Waals surface area contributed by atoms with E-state index in [9.17, 15) is 4.39 Å². The van der Waals surface area contributed by atoms with E-state index in [1.54, 1.807) is 6.07 Å². The Bertz CT molecular complexity index is 426. The van der Waals surface area contributed by atoms with Crippen LogP contribution in [0.5, 0.6) is 0 Å². The zero-order chi connectivity index (χ0) is 13.5. The number of nitriles is 1. The number of halogens is 2. The first-order chi connectivity index (χ1) is 8.54. The summed E-state index contributed by atoms with van der Waals surface area (Å²) >= 11 is 5.81. The maximum absolute atomic E-state index is 13.4. The molecule has 0 saturated carbocycles. The zero-order valence-electron chi connectivity index (χ0n) is 10.7. The average Bonchev–Trinajstić information content (AvgIpc) is 2.33. The second-order valence-corrected chi connectivity index (χ2v) is 5.11. The van der Waals surface area contributed by atoms with Gasteiger partial charge in [-0.05, 0) is 42.6 Å². The molecule has 0 aliphatic heterocycles.